The fourth-order valence-corrected chi connectivity index (χ4v) is 1.49. The van der Waals surface area contributed by atoms with Crippen molar-refractivity contribution < 1.29 is 9.84 Å². The molecular formula is C13H18N2O2. The molecule has 1 rings (SSSR count). The van der Waals surface area contributed by atoms with Gasteiger partial charge in [-0.05, 0) is 12.5 Å². The van der Waals surface area contributed by atoms with Crippen molar-refractivity contribution in [2.45, 2.75) is 25.9 Å². The highest BCUT2D eigenvalue weighted by atomic mass is 16.5. The minimum absolute atomic E-state index is 0.0498. The zero-order valence-corrected chi connectivity index (χ0v) is 10.0. The summed E-state index contributed by atoms with van der Waals surface area (Å²) >= 11 is 0. The van der Waals surface area contributed by atoms with Gasteiger partial charge < -0.3 is 15.2 Å². The van der Waals surface area contributed by atoms with E-state index in [1.807, 2.05) is 37.3 Å². The fraction of sp³-hybridized carbons (Fsp3) is 0.462. The monoisotopic (exact) mass is 234 g/mol. The molecule has 0 spiro atoms. The maximum Gasteiger partial charge on any atom is 0.174 e. The van der Waals surface area contributed by atoms with Crippen LogP contribution in [0.15, 0.2) is 24.3 Å². The molecule has 0 fully saturated rings. The largest absolute Gasteiger partial charge is 0.478 e. The Morgan fingerprint density at radius 2 is 2.24 bits per heavy atom. The van der Waals surface area contributed by atoms with Gasteiger partial charge >= 0.3 is 0 Å². The van der Waals surface area contributed by atoms with E-state index in [0.717, 1.165) is 12.0 Å². The topological polar surface area (TPSA) is 65.3 Å². The number of aliphatic hydroxyl groups is 1. The summed E-state index contributed by atoms with van der Waals surface area (Å²) in [4.78, 5) is 0. The third kappa shape index (κ3) is 4.43. The van der Waals surface area contributed by atoms with Gasteiger partial charge in [0.15, 0.2) is 6.61 Å². The maximum atomic E-state index is 9.08. The van der Waals surface area contributed by atoms with E-state index in [0.29, 0.717) is 12.3 Å². The summed E-state index contributed by atoms with van der Waals surface area (Å²) in [6.07, 6.45) is 0.873. The molecule has 0 amide bonds. The first-order chi connectivity index (χ1) is 8.31. The van der Waals surface area contributed by atoms with Gasteiger partial charge in [0.05, 0.1) is 6.61 Å². The van der Waals surface area contributed by atoms with Crippen LogP contribution in [0.2, 0.25) is 0 Å². The molecule has 4 heteroatoms. The first-order valence-corrected chi connectivity index (χ1v) is 5.73. The Morgan fingerprint density at radius 3 is 2.88 bits per heavy atom. The Balaban J connectivity index is 2.60. The van der Waals surface area contributed by atoms with E-state index in [9.17, 15) is 0 Å². The lowest BCUT2D eigenvalue weighted by Gasteiger charge is -2.15. The molecule has 1 atom stereocenters. The minimum atomic E-state index is 0.0498. The molecule has 17 heavy (non-hydrogen) atoms. The Hall–Kier alpha value is -1.57. The third-order valence-electron chi connectivity index (χ3n) is 2.56. The van der Waals surface area contributed by atoms with Gasteiger partial charge in [-0.15, -0.1) is 0 Å². The second kappa shape index (κ2) is 7.66. The van der Waals surface area contributed by atoms with Crippen LogP contribution in [0.5, 0.6) is 5.75 Å². The summed E-state index contributed by atoms with van der Waals surface area (Å²) in [5, 5.41) is 20.8. The highest BCUT2D eigenvalue weighted by molar-refractivity contribution is 5.33. The van der Waals surface area contributed by atoms with E-state index in [1.54, 1.807) is 0 Å². The summed E-state index contributed by atoms with van der Waals surface area (Å²) in [7, 11) is 0. The predicted molar refractivity (Wildman–Crippen MR) is 65.6 cm³/mol. The molecule has 0 heterocycles. The summed E-state index contributed by atoms with van der Waals surface area (Å²) in [5.74, 6) is 0.717. The summed E-state index contributed by atoms with van der Waals surface area (Å²) in [5.41, 5.74) is 0.995. The van der Waals surface area contributed by atoms with E-state index in [2.05, 4.69) is 5.32 Å². The van der Waals surface area contributed by atoms with E-state index in [1.165, 1.54) is 0 Å². The van der Waals surface area contributed by atoms with Crippen LogP contribution < -0.4 is 10.1 Å². The molecule has 92 valence electrons. The van der Waals surface area contributed by atoms with Crippen molar-refractivity contribution in [1.29, 1.82) is 5.26 Å². The Labute approximate surface area is 102 Å². The average molecular weight is 234 g/mol. The lowest BCUT2D eigenvalue weighted by molar-refractivity contribution is 0.237. The van der Waals surface area contributed by atoms with E-state index in [4.69, 9.17) is 15.1 Å². The SMILES string of the molecule is CC[C@H](CO)NCc1ccccc1OCC#N. The van der Waals surface area contributed by atoms with E-state index < -0.39 is 0 Å². The number of benzene rings is 1. The minimum Gasteiger partial charge on any atom is -0.478 e. The second-order valence-electron chi connectivity index (χ2n) is 3.72. The molecule has 0 aliphatic carbocycles. The van der Waals surface area contributed by atoms with Crippen LogP contribution >= 0.6 is 0 Å². The summed E-state index contributed by atoms with van der Waals surface area (Å²) in [6.45, 7) is 2.82. The van der Waals surface area contributed by atoms with Crippen molar-refractivity contribution in [2.24, 2.45) is 0 Å². The fourth-order valence-electron chi connectivity index (χ4n) is 1.49. The third-order valence-corrected chi connectivity index (χ3v) is 2.56. The van der Waals surface area contributed by atoms with Crippen molar-refractivity contribution in [3.63, 3.8) is 0 Å². The number of hydrogen-bond acceptors (Lipinski definition) is 4. The molecule has 4 nitrogen and oxygen atoms in total. The molecule has 0 radical (unpaired) electrons. The summed E-state index contributed by atoms with van der Waals surface area (Å²) in [6, 6.07) is 9.64. The van der Waals surface area contributed by atoms with Gasteiger partial charge in [0.2, 0.25) is 0 Å². The quantitative estimate of drug-likeness (QED) is 0.749. The highest BCUT2D eigenvalue weighted by Crippen LogP contribution is 2.17. The summed E-state index contributed by atoms with van der Waals surface area (Å²) < 4.78 is 5.32. The van der Waals surface area contributed by atoms with Crippen LogP contribution in [-0.4, -0.2) is 24.4 Å². The average Bonchev–Trinajstić information content (AvgIpc) is 2.38. The van der Waals surface area contributed by atoms with Crippen molar-refractivity contribution >= 4 is 0 Å². The van der Waals surface area contributed by atoms with E-state index in [-0.39, 0.29) is 19.3 Å². The number of nitriles is 1. The zero-order chi connectivity index (χ0) is 12.5. The number of ether oxygens (including phenoxy) is 1. The molecule has 0 unspecified atom stereocenters. The van der Waals surface area contributed by atoms with Crippen LogP contribution in [0.25, 0.3) is 0 Å². The van der Waals surface area contributed by atoms with Crippen LogP contribution in [0, 0.1) is 11.3 Å². The van der Waals surface area contributed by atoms with Crippen molar-refractivity contribution in [3.8, 4) is 11.8 Å². The lowest BCUT2D eigenvalue weighted by atomic mass is 10.1. The van der Waals surface area contributed by atoms with Crippen molar-refractivity contribution in [2.75, 3.05) is 13.2 Å². The second-order valence-corrected chi connectivity index (χ2v) is 3.72. The van der Waals surface area contributed by atoms with Crippen LogP contribution in [0.3, 0.4) is 0 Å². The number of para-hydroxylation sites is 1. The van der Waals surface area contributed by atoms with Gasteiger partial charge in [0.25, 0.3) is 0 Å². The van der Waals surface area contributed by atoms with Crippen molar-refractivity contribution in [1.82, 2.24) is 5.32 Å². The standard InChI is InChI=1S/C13H18N2O2/c1-2-12(10-16)15-9-11-5-3-4-6-13(11)17-8-7-14/h3-6,12,15-16H,2,8-10H2,1H3/t12-/m1/s1. The molecule has 0 saturated carbocycles. The Bertz CT molecular complexity index is 370. The molecular weight excluding hydrogens is 216 g/mol. The zero-order valence-electron chi connectivity index (χ0n) is 10.0. The number of hydrogen-bond donors (Lipinski definition) is 2. The smallest absolute Gasteiger partial charge is 0.174 e. The van der Waals surface area contributed by atoms with Gasteiger partial charge in [0, 0.05) is 18.2 Å². The normalized spacial score (nSPS) is 11.8. The van der Waals surface area contributed by atoms with Gasteiger partial charge in [-0.3, -0.25) is 0 Å². The Kier molecular flexibility index (Phi) is 6.08. The first kappa shape index (κ1) is 13.5. The van der Waals surface area contributed by atoms with Gasteiger partial charge in [-0.1, -0.05) is 25.1 Å². The lowest BCUT2D eigenvalue weighted by Crippen LogP contribution is -2.31. The van der Waals surface area contributed by atoms with Crippen LogP contribution in [0.4, 0.5) is 0 Å². The van der Waals surface area contributed by atoms with E-state index >= 15 is 0 Å². The van der Waals surface area contributed by atoms with Crippen molar-refractivity contribution in [3.05, 3.63) is 29.8 Å². The van der Waals surface area contributed by atoms with Gasteiger partial charge in [0.1, 0.15) is 11.8 Å². The number of nitrogens with zero attached hydrogens (tertiary/aromatic N) is 1. The highest BCUT2D eigenvalue weighted by Gasteiger charge is 2.06. The molecule has 1 aromatic rings. The Morgan fingerprint density at radius 1 is 1.47 bits per heavy atom. The van der Waals surface area contributed by atoms with Gasteiger partial charge in [-0.2, -0.15) is 5.26 Å². The molecule has 0 saturated heterocycles. The number of nitrogens with one attached hydrogen (secondary N) is 1. The molecule has 2 N–H and O–H groups in total. The molecule has 0 aliphatic rings. The number of aliphatic hydroxyl groups excluding tert-OH is 1. The van der Waals surface area contributed by atoms with Crippen LogP contribution in [0.1, 0.15) is 18.9 Å². The van der Waals surface area contributed by atoms with Gasteiger partial charge in [-0.25, -0.2) is 0 Å². The molecule has 0 aliphatic heterocycles. The molecule has 0 bridgehead atoms. The predicted octanol–water partition coefficient (Wildman–Crippen LogP) is 1.45. The van der Waals surface area contributed by atoms with Crippen LogP contribution in [-0.2, 0) is 6.54 Å². The number of rotatable bonds is 7. The first-order valence-electron chi connectivity index (χ1n) is 5.73. The maximum absolute atomic E-state index is 9.08. The molecule has 1 aromatic carbocycles. The molecule has 0 aromatic heterocycles.